The summed E-state index contributed by atoms with van der Waals surface area (Å²) in [5.41, 5.74) is 2.39. The molecule has 0 saturated heterocycles. The van der Waals surface area contributed by atoms with Gasteiger partial charge in [0.05, 0.1) is 0 Å². The Kier molecular flexibility index (Phi) is 9.28. The largest absolute Gasteiger partial charge is 0.274 e. The average molecular weight is 384 g/mol. The lowest BCUT2D eigenvalue weighted by Gasteiger charge is -2.26. The fourth-order valence-corrected chi connectivity index (χ4v) is 2.38. The summed E-state index contributed by atoms with van der Waals surface area (Å²) >= 11 is 0. The van der Waals surface area contributed by atoms with E-state index in [0.29, 0.717) is 12.4 Å². The highest BCUT2D eigenvalue weighted by Gasteiger charge is 2.22. The van der Waals surface area contributed by atoms with Crippen LogP contribution in [0.3, 0.4) is 0 Å². The minimum Gasteiger partial charge on any atom is -0.274 e. The molecule has 0 bridgehead atoms. The number of nitrogens with zero attached hydrogens (tertiary/aromatic N) is 5. The van der Waals surface area contributed by atoms with E-state index in [4.69, 9.17) is 0 Å². The first kappa shape index (κ1) is 23.3. The van der Waals surface area contributed by atoms with Crippen LogP contribution in [-0.2, 0) is 4.79 Å². The number of carbonyl (C=O) groups excluding carboxylic acids is 1. The molecule has 0 aliphatic carbocycles. The van der Waals surface area contributed by atoms with Crippen LogP contribution >= 0.6 is 0 Å². The van der Waals surface area contributed by atoms with Gasteiger partial charge in [0.2, 0.25) is 5.91 Å². The number of amides is 1. The molecule has 0 spiro atoms. The number of hydrogen-bond donors (Lipinski definition) is 0. The lowest BCUT2D eigenvalue weighted by Crippen LogP contribution is -2.35. The van der Waals surface area contributed by atoms with Crippen molar-refractivity contribution in [2.45, 2.75) is 48.5 Å². The van der Waals surface area contributed by atoms with Crippen LogP contribution in [0.25, 0.3) is 5.57 Å². The summed E-state index contributed by atoms with van der Waals surface area (Å²) in [6.07, 6.45) is 10.8. The molecule has 0 unspecified atom stereocenters. The number of rotatable bonds is 9. The standard InChI is InChI=1S/C22H33N5O/c1-9-11-26(10-2)25-15-27(22(28)17(5)6)21(16(3)4)12-18(7)20-13-23-19(8)24-14-20/h9,11-17H,7,10H2,1-6,8H3/b11-9-,21-12+,25-15+. The molecular weight excluding hydrogens is 350 g/mol. The van der Waals surface area contributed by atoms with Gasteiger partial charge < -0.3 is 0 Å². The van der Waals surface area contributed by atoms with Crippen LogP contribution in [0, 0.1) is 18.8 Å². The Hall–Kier alpha value is -2.76. The molecule has 0 aliphatic rings. The molecular formula is C22H33N5O. The smallest absolute Gasteiger partial charge is 0.234 e. The van der Waals surface area contributed by atoms with Crippen LogP contribution in [0.1, 0.15) is 52.9 Å². The Morgan fingerprint density at radius 1 is 1.21 bits per heavy atom. The summed E-state index contributed by atoms with van der Waals surface area (Å²) in [7, 11) is 0. The van der Waals surface area contributed by atoms with Gasteiger partial charge in [0.1, 0.15) is 12.2 Å². The highest BCUT2D eigenvalue weighted by molar-refractivity contribution is 5.92. The van der Waals surface area contributed by atoms with Crippen molar-refractivity contribution in [1.82, 2.24) is 19.9 Å². The molecule has 1 aromatic rings. The summed E-state index contributed by atoms with van der Waals surface area (Å²) in [5, 5.41) is 6.24. The Morgan fingerprint density at radius 2 is 1.82 bits per heavy atom. The molecule has 1 heterocycles. The van der Waals surface area contributed by atoms with E-state index in [1.54, 1.807) is 28.6 Å². The topological polar surface area (TPSA) is 61.7 Å². The van der Waals surface area contributed by atoms with Crippen molar-refractivity contribution in [3.05, 3.63) is 54.4 Å². The fourth-order valence-electron chi connectivity index (χ4n) is 2.38. The Morgan fingerprint density at radius 3 is 2.29 bits per heavy atom. The molecule has 28 heavy (non-hydrogen) atoms. The van der Waals surface area contributed by atoms with Crippen molar-refractivity contribution < 1.29 is 4.79 Å². The normalized spacial score (nSPS) is 12.4. The molecule has 6 heteroatoms. The number of hydrazone groups is 1. The maximum atomic E-state index is 12.9. The van der Waals surface area contributed by atoms with Gasteiger partial charge in [-0.2, -0.15) is 5.10 Å². The Bertz CT molecular complexity index is 745. The Balaban J connectivity index is 3.33. The zero-order valence-corrected chi connectivity index (χ0v) is 18.2. The summed E-state index contributed by atoms with van der Waals surface area (Å²) in [6, 6.07) is 0. The van der Waals surface area contributed by atoms with Crippen LogP contribution in [0.4, 0.5) is 0 Å². The zero-order valence-electron chi connectivity index (χ0n) is 18.2. The summed E-state index contributed by atoms with van der Waals surface area (Å²) in [5.74, 6) is 0.612. The average Bonchev–Trinajstić information content (AvgIpc) is 2.65. The Labute approximate surface area is 169 Å². The molecule has 0 fully saturated rings. The van der Waals surface area contributed by atoms with E-state index in [2.05, 4.69) is 21.6 Å². The lowest BCUT2D eigenvalue weighted by atomic mass is 10.0. The van der Waals surface area contributed by atoms with Crippen LogP contribution in [0.5, 0.6) is 0 Å². The second-order valence-corrected chi connectivity index (χ2v) is 7.10. The highest BCUT2D eigenvalue weighted by Crippen LogP contribution is 2.22. The molecule has 1 amide bonds. The van der Waals surface area contributed by atoms with Crippen molar-refractivity contribution in [3.8, 4) is 0 Å². The maximum absolute atomic E-state index is 12.9. The number of carbonyl (C=O) groups is 1. The van der Waals surface area contributed by atoms with E-state index >= 15 is 0 Å². The number of aromatic nitrogens is 2. The molecule has 1 aromatic heterocycles. The van der Waals surface area contributed by atoms with E-state index in [9.17, 15) is 4.79 Å². The summed E-state index contributed by atoms with van der Waals surface area (Å²) in [4.78, 5) is 23.0. The predicted molar refractivity (Wildman–Crippen MR) is 116 cm³/mol. The van der Waals surface area contributed by atoms with Crippen molar-refractivity contribution in [2.24, 2.45) is 16.9 Å². The maximum Gasteiger partial charge on any atom is 0.234 e. The van der Waals surface area contributed by atoms with Gasteiger partial charge in [-0.1, -0.05) is 40.3 Å². The molecule has 1 rings (SSSR count). The van der Waals surface area contributed by atoms with Crippen LogP contribution in [0.15, 0.2) is 48.1 Å². The monoisotopic (exact) mass is 383 g/mol. The summed E-state index contributed by atoms with van der Waals surface area (Å²) in [6.45, 7) is 18.5. The third kappa shape index (κ3) is 6.76. The zero-order chi connectivity index (χ0) is 21.3. The van der Waals surface area contributed by atoms with E-state index < -0.39 is 0 Å². The van der Waals surface area contributed by atoms with Crippen LogP contribution < -0.4 is 0 Å². The van der Waals surface area contributed by atoms with Crippen molar-refractivity contribution in [1.29, 1.82) is 0 Å². The third-order valence-electron chi connectivity index (χ3n) is 4.04. The minimum atomic E-state index is -0.165. The molecule has 0 aliphatic heterocycles. The van der Waals surface area contributed by atoms with Crippen molar-refractivity contribution in [3.63, 3.8) is 0 Å². The van der Waals surface area contributed by atoms with Gasteiger partial charge in [-0.25, -0.2) is 9.97 Å². The van der Waals surface area contributed by atoms with Gasteiger partial charge in [-0.15, -0.1) is 0 Å². The van der Waals surface area contributed by atoms with Crippen LogP contribution in [-0.4, -0.2) is 38.7 Å². The number of aryl methyl sites for hydroxylation is 1. The molecule has 6 nitrogen and oxygen atoms in total. The first-order valence-electron chi connectivity index (χ1n) is 9.67. The van der Waals surface area contributed by atoms with E-state index in [1.165, 1.54) is 0 Å². The highest BCUT2D eigenvalue weighted by atomic mass is 16.2. The van der Waals surface area contributed by atoms with E-state index in [-0.39, 0.29) is 17.7 Å². The fraction of sp³-hybridized carbons (Fsp3) is 0.455. The van der Waals surface area contributed by atoms with Crippen molar-refractivity contribution >= 4 is 17.8 Å². The first-order valence-corrected chi connectivity index (χ1v) is 9.67. The molecule has 0 saturated carbocycles. The number of allylic oxidation sites excluding steroid dienone is 4. The molecule has 0 aromatic carbocycles. The minimum absolute atomic E-state index is 0.0202. The predicted octanol–water partition coefficient (Wildman–Crippen LogP) is 4.62. The van der Waals surface area contributed by atoms with E-state index in [0.717, 1.165) is 16.8 Å². The molecule has 0 atom stereocenters. The van der Waals surface area contributed by atoms with Gasteiger partial charge in [0, 0.05) is 42.3 Å². The van der Waals surface area contributed by atoms with Gasteiger partial charge in [0.15, 0.2) is 0 Å². The van der Waals surface area contributed by atoms with Gasteiger partial charge in [-0.05, 0) is 38.3 Å². The molecule has 152 valence electrons. The first-order chi connectivity index (χ1) is 13.2. The molecule has 0 radical (unpaired) electrons. The second-order valence-electron chi connectivity index (χ2n) is 7.10. The number of hydrogen-bond acceptors (Lipinski definition) is 5. The van der Waals surface area contributed by atoms with Gasteiger partial charge in [-0.3, -0.25) is 14.7 Å². The van der Waals surface area contributed by atoms with Gasteiger partial charge >= 0.3 is 0 Å². The van der Waals surface area contributed by atoms with Gasteiger partial charge in [0.25, 0.3) is 0 Å². The quantitative estimate of drug-likeness (QED) is 0.270. The third-order valence-corrected chi connectivity index (χ3v) is 4.04. The summed E-state index contributed by atoms with van der Waals surface area (Å²) < 4.78 is 0. The lowest BCUT2D eigenvalue weighted by molar-refractivity contribution is -0.129. The van der Waals surface area contributed by atoms with E-state index in [1.807, 2.05) is 66.8 Å². The van der Waals surface area contributed by atoms with Crippen molar-refractivity contribution in [2.75, 3.05) is 6.54 Å². The second kappa shape index (κ2) is 11.2. The SMILES string of the molecule is C=C(/C=C(\C(C)C)N(/C=N/N(/C=C\C)CC)C(=O)C(C)C)c1cnc(C)nc1. The molecule has 0 N–H and O–H groups in total. The van der Waals surface area contributed by atoms with Crippen LogP contribution in [0.2, 0.25) is 0 Å².